The molecule has 0 saturated carbocycles. The van der Waals surface area contributed by atoms with Crippen LogP contribution in [0.5, 0.6) is 5.75 Å². The first-order valence-corrected chi connectivity index (χ1v) is 9.98. The summed E-state index contributed by atoms with van der Waals surface area (Å²) >= 11 is 1.22. The van der Waals surface area contributed by atoms with Gasteiger partial charge in [0.15, 0.2) is 10.9 Å². The van der Waals surface area contributed by atoms with Gasteiger partial charge in [-0.2, -0.15) is 0 Å². The molecule has 0 aliphatic heterocycles. The van der Waals surface area contributed by atoms with Gasteiger partial charge in [-0.15, -0.1) is 0 Å². The van der Waals surface area contributed by atoms with Gasteiger partial charge in [-0.05, 0) is 48.9 Å². The summed E-state index contributed by atoms with van der Waals surface area (Å²) in [5, 5.41) is 0.470. The van der Waals surface area contributed by atoms with Crippen LogP contribution >= 0.6 is 11.8 Å². The van der Waals surface area contributed by atoms with E-state index in [4.69, 9.17) is 4.74 Å². The number of aryl methyl sites for hydroxylation is 1. The molecule has 2 aromatic carbocycles. The van der Waals surface area contributed by atoms with Gasteiger partial charge in [0.05, 0.1) is 12.9 Å². The Morgan fingerprint density at radius 2 is 1.93 bits per heavy atom. The van der Waals surface area contributed by atoms with Crippen molar-refractivity contribution in [3.05, 3.63) is 87.1 Å². The van der Waals surface area contributed by atoms with Crippen LogP contribution < -0.4 is 10.3 Å². The second kappa shape index (κ2) is 9.05. The van der Waals surface area contributed by atoms with Gasteiger partial charge < -0.3 is 4.74 Å². The van der Waals surface area contributed by atoms with Gasteiger partial charge in [-0.25, -0.2) is 9.37 Å². The second-order valence-corrected chi connectivity index (χ2v) is 7.51. The lowest BCUT2D eigenvalue weighted by Gasteiger charge is -2.12. The number of hydrogen-bond donors (Lipinski definition) is 0. The Kier molecular flexibility index (Phi) is 6.49. The molecule has 0 aliphatic carbocycles. The summed E-state index contributed by atoms with van der Waals surface area (Å²) < 4.78 is 20.0. The lowest BCUT2D eigenvalue weighted by molar-refractivity contribution is 0.102. The summed E-state index contributed by atoms with van der Waals surface area (Å²) in [6.45, 7) is 1.76. The van der Waals surface area contributed by atoms with Crippen LogP contribution in [0.2, 0.25) is 0 Å². The molecule has 0 spiro atoms. The third kappa shape index (κ3) is 4.92. The number of carbonyl (C=O) groups excluding carboxylic acids is 1. The highest BCUT2D eigenvalue weighted by molar-refractivity contribution is 7.99. The topological polar surface area (TPSA) is 61.2 Å². The number of halogens is 1. The van der Waals surface area contributed by atoms with E-state index in [-0.39, 0.29) is 22.9 Å². The fourth-order valence-electron chi connectivity index (χ4n) is 2.90. The Morgan fingerprint density at radius 1 is 1.21 bits per heavy atom. The minimum atomic E-state index is -0.339. The number of rotatable bonds is 7. The van der Waals surface area contributed by atoms with Crippen LogP contribution in [0.1, 0.15) is 27.2 Å². The van der Waals surface area contributed by atoms with Gasteiger partial charge in [-0.1, -0.05) is 23.9 Å². The van der Waals surface area contributed by atoms with E-state index in [0.717, 1.165) is 0 Å². The Bertz CT molecular complexity index is 1090. The average molecular weight is 412 g/mol. The number of nitrogens with zero attached hydrogens (tertiary/aromatic N) is 2. The number of ether oxygens (including phenoxy) is 1. The van der Waals surface area contributed by atoms with E-state index in [0.29, 0.717) is 39.7 Å². The number of ketones is 1. The van der Waals surface area contributed by atoms with Gasteiger partial charge in [0, 0.05) is 30.3 Å². The number of methoxy groups -OCH3 is 1. The van der Waals surface area contributed by atoms with Crippen LogP contribution in [0, 0.1) is 12.7 Å². The number of hydrogen-bond acceptors (Lipinski definition) is 5. The monoisotopic (exact) mass is 412 g/mol. The zero-order chi connectivity index (χ0) is 21.0. The summed E-state index contributed by atoms with van der Waals surface area (Å²) in [6, 6.07) is 13.1. The van der Waals surface area contributed by atoms with Crippen molar-refractivity contribution < 1.29 is 13.9 Å². The molecular weight excluding hydrogens is 391 g/mol. The Labute approximate surface area is 172 Å². The molecule has 3 rings (SSSR count). The van der Waals surface area contributed by atoms with Gasteiger partial charge in [0.1, 0.15) is 11.6 Å². The maximum absolute atomic E-state index is 13.4. The van der Waals surface area contributed by atoms with Crippen LogP contribution in [0.25, 0.3) is 0 Å². The maximum Gasteiger partial charge on any atom is 0.257 e. The number of carbonyl (C=O) groups is 1. The van der Waals surface area contributed by atoms with E-state index < -0.39 is 0 Å². The van der Waals surface area contributed by atoms with Crippen molar-refractivity contribution in [1.29, 1.82) is 0 Å². The fourth-order valence-corrected chi connectivity index (χ4v) is 3.81. The van der Waals surface area contributed by atoms with E-state index in [1.165, 1.54) is 28.5 Å². The SMILES string of the molecule is COc1ccc(C(=O)CSc2nc(C)c(Cc3cccc(F)c3)c(=O)n2C)cc1. The predicted molar refractivity (Wildman–Crippen MR) is 111 cm³/mol. The van der Waals surface area contributed by atoms with Gasteiger partial charge in [0.2, 0.25) is 0 Å². The van der Waals surface area contributed by atoms with Crippen LogP contribution in [-0.2, 0) is 13.5 Å². The third-order valence-electron chi connectivity index (χ3n) is 4.56. The molecule has 0 aliphatic rings. The summed E-state index contributed by atoms with van der Waals surface area (Å²) in [4.78, 5) is 29.7. The van der Waals surface area contributed by atoms with Crippen LogP contribution in [0.4, 0.5) is 4.39 Å². The predicted octanol–water partition coefficient (Wildman–Crippen LogP) is 3.80. The molecule has 7 heteroatoms. The van der Waals surface area contributed by atoms with Gasteiger partial charge in [0.25, 0.3) is 5.56 Å². The van der Waals surface area contributed by atoms with E-state index in [1.54, 1.807) is 57.5 Å². The van der Waals surface area contributed by atoms with Crippen molar-refractivity contribution in [3.8, 4) is 5.75 Å². The number of aromatic nitrogens is 2. The first-order valence-electron chi connectivity index (χ1n) is 9.00. The Morgan fingerprint density at radius 3 is 2.59 bits per heavy atom. The Balaban J connectivity index is 1.76. The highest BCUT2D eigenvalue weighted by Crippen LogP contribution is 2.19. The summed E-state index contributed by atoms with van der Waals surface area (Å²) in [5.74, 6) is 0.445. The lowest BCUT2D eigenvalue weighted by Crippen LogP contribution is -2.26. The first-order chi connectivity index (χ1) is 13.9. The van der Waals surface area contributed by atoms with Crippen molar-refractivity contribution in [2.45, 2.75) is 18.5 Å². The molecule has 0 amide bonds. The smallest absolute Gasteiger partial charge is 0.257 e. The largest absolute Gasteiger partial charge is 0.497 e. The third-order valence-corrected chi connectivity index (χ3v) is 5.59. The molecule has 0 bridgehead atoms. The van der Waals surface area contributed by atoms with E-state index in [9.17, 15) is 14.0 Å². The highest BCUT2D eigenvalue weighted by Gasteiger charge is 2.15. The molecular formula is C22H21FN2O3S. The van der Waals surface area contributed by atoms with Crippen molar-refractivity contribution in [2.24, 2.45) is 7.05 Å². The summed E-state index contributed by atoms with van der Waals surface area (Å²) in [7, 11) is 3.20. The number of Topliss-reactive ketones (excluding diaryl/α,β-unsaturated/α-hetero) is 1. The van der Waals surface area contributed by atoms with E-state index in [1.807, 2.05) is 0 Å². The average Bonchev–Trinajstić information content (AvgIpc) is 2.72. The minimum absolute atomic E-state index is 0.0617. The van der Waals surface area contributed by atoms with Gasteiger partial charge in [-0.3, -0.25) is 14.2 Å². The number of thioether (sulfide) groups is 1. The van der Waals surface area contributed by atoms with Crippen LogP contribution in [-0.4, -0.2) is 28.2 Å². The zero-order valence-corrected chi connectivity index (χ0v) is 17.3. The Hall–Kier alpha value is -2.93. The summed E-state index contributed by atoms with van der Waals surface area (Å²) in [5.41, 5.74) is 2.19. The molecule has 0 saturated heterocycles. The molecule has 1 heterocycles. The molecule has 150 valence electrons. The molecule has 5 nitrogen and oxygen atoms in total. The fraction of sp³-hybridized carbons (Fsp3) is 0.227. The molecule has 0 unspecified atom stereocenters. The molecule has 0 N–H and O–H groups in total. The number of benzene rings is 2. The molecule has 0 fully saturated rings. The quantitative estimate of drug-likeness (QED) is 0.336. The highest BCUT2D eigenvalue weighted by atomic mass is 32.2. The van der Waals surface area contributed by atoms with Crippen molar-refractivity contribution >= 4 is 17.5 Å². The second-order valence-electron chi connectivity index (χ2n) is 6.57. The lowest BCUT2D eigenvalue weighted by atomic mass is 10.1. The van der Waals surface area contributed by atoms with Crippen molar-refractivity contribution in [2.75, 3.05) is 12.9 Å². The molecule has 29 heavy (non-hydrogen) atoms. The minimum Gasteiger partial charge on any atom is -0.497 e. The summed E-state index contributed by atoms with van der Waals surface area (Å²) in [6.07, 6.45) is 0.305. The van der Waals surface area contributed by atoms with E-state index >= 15 is 0 Å². The van der Waals surface area contributed by atoms with E-state index in [2.05, 4.69) is 4.98 Å². The van der Waals surface area contributed by atoms with Crippen molar-refractivity contribution in [1.82, 2.24) is 9.55 Å². The normalized spacial score (nSPS) is 10.8. The molecule has 0 radical (unpaired) electrons. The first kappa shape index (κ1) is 20.8. The maximum atomic E-state index is 13.4. The molecule has 3 aromatic rings. The molecule has 1 aromatic heterocycles. The van der Waals surface area contributed by atoms with Gasteiger partial charge >= 0.3 is 0 Å². The standard InChI is InChI=1S/C22H21FN2O3S/c1-14-19(12-15-5-4-6-17(23)11-15)21(27)25(2)22(24-14)29-13-20(26)16-7-9-18(28-3)10-8-16/h4-11H,12-13H2,1-3H3. The van der Waals surface area contributed by atoms with Crippen molar-refractivity contribution in [3.63, 3.8) is 0 Å². The van der Waals surface area contributed by atoms with Crippen LogP contribution in [0.3, 0.4) is 0 Å². The van der Waals surface area contributed by atoms with Crippen LogP contribution in [0.15, 0.2) is 58.5 Å². The molecule has 0 atom stereocenters. The zero-order valence-electron chi connectivity index (χ0n) is 16.4.